The molecule has 0 bridgehead atoms. The Morgan fingerprint density at radius 1 is 1.50 bits per heavy atom. The third kappa shape index (κ3) is 1.76. The molecule has 14 heavy (non-hydrogen) atoms. The fourth-order valence-electron chi connectivity index (χ4n) is 1.21. The second kappa shape index (κ2) is 4.02. The van der Waals surface area contributed by atoms with Crippen LogP contribution in [0.1, 0.15) is 11.9 Å². The summed E-state index contributed by atoms with van der Waals surface area (Å²) in [7, 11) is 0. The fourth-order valence-corrected chi connectivity index (χ4v) is 2.40. The zero-order valence-corrected chi connectivity index (χ0v) is 9.41. The number of nitrogens with one attached hydrogen (secondary N) is 1. The van der Waals surface area contributed by atoms with Crippen molar-refractivity contribution in [1.82, 2.24) is 10.3 Å². The number of thiazole rings is 1. The number of hydrogen-bond acceptors (Lipinski definition) is 3. The molecule has 2 nitrogen and oxygen atoms in total. The Morgan fingerprint density at radius 3 is 3.00 bits per heavy atom. The smallest absolute Gasteiger partial charge is 0.151 e. The molecule has 0 unspecified atom stereocenters. The van der Waals surface area contributed by atoms with Crippen molar-refractivity contribution < 1.29 is 0 Å². The maximum atomic E-state index is 5.20. The first-order valence-electron chi connectivity index (χ1n) is 4.45. The molecular weight excluding hydrogens is 212 g/mol. The SMILES string of the molecule is CCNC(=S)c1nc2ccccc2s1. The Kier molecular flexibility index (Phi) is 2.74. The summed E-state index contributed by atoms with van der Waals surface area (Å²) in [5.41, 5.74) is 1.02. The van der Waals surface area contributed by atoms with Gasteiger partial charge >= 0.3 is 0 Å². The monoisotopic (exact) mass is 222 g/mol. The fraction of sp³-hybridized carbons (Fsp3) is 0.200. The molecule has 0 spiro atoms. The molecule has 0 aliphatic rings. The number of para-hydroxylation sites is 1. The highest BCUT2D eigenvalue weighted by Crippen LogP contribution is 2.21. The molecule has 1 heterocycles. The van der Waals surface area contributed by atoms with Gasteiger partial charge in [0.25, 0.3) is 0 Å². The summed E-state index contributed by atoms with van der Waals surface area (Å²) < 4.78 is 1.18. The highest BCUT2D eigenvalue weighted by atomic mass is 32.1. The van der Waals surface area contributed by atoms with Crippen LogP contribution in [0, 0.1) is 0 Å². The minimum atomic E-state index is 0.744. The summed E-state index contributed by atoms with van der Waals surface area (Å²) in [5.74, 6) is 0. The van der Waals surface area contributed by atoms with E-state index in [-0.39, 0.29) is 0 Å². The lowest BCUT2D eigenvalue weighted by atomic mass is 10.3. The minimum Gasteiger partial charge on any atom is -0.374 e. The second-order valence-corrected chi connectivity index (χ2v) is 4.29. The van der Waals surface area contributed by atoms with Crippen molar-refractivity contribution in [2.75, 3.05) is 6.54 Å². The summed E-state index contributed by atoms with van der Waals surface area (Å²) in [6.07, 6.45) is 0. The van der Waals surface area contributed by atoms with Crippen molar-refractivity contribution in [3.05, 3.63) is 29.3 Å². The van der Waals surface area contributed by atoms with Gasteiger partial charge in [-0.25, -0.2) is 4.98 Å². The summed E-state index contributed by atoms with van der Waals surface area (Å²) in [6, 6.07) is 8.07. The summed E-state index contributed by atoms with van der Waals surface area (Å²) >= 11 is 6.83. The third-order valence-corrected chi connectivity index (χ3v) is 3.35. The van der Waals surface area contributed by atoms with Gasteiger partial charge in [-0.05, 0) is 19.1 Å². The van der Waals surface area contributed by atoms with Crippen molar-refractivity contribution in [1.29, 1.82) is 0 Å². The normalized spacial score (nSPS) is 10.4. The van der Waals surface area contributed by atoms with Crippen LogP contribution in [0.4, 0.5) is 0 Å². The van der Waals surface area contributed by atoms with Crippen LogP contribution in [-0.4, -0.2) is 16.5 Å². The van der Waals surface area contributed by atoms with Crippen LogP contribution >= 0.6 is 23.6 Å². The van der Waals surface area contributed by atoms with E-state index in [9.17, 15) is 0 Å². The average Bonchev–Trinajstić information content (AvgIpc) is 2.61. The van der Waals surface area contributed by atoms with E-state index >= 15 is 0 Å². The van der Waals surface area contributed by atoms with Gasteiger partial charge in [-0.3, -0.25) is 0 Å². The lowest BCUT2D eigenvalue weighted by Crippen LogP contribution is -2.21. The summed E-state index contributed by atoms with van der Waals surface area (Å²) in [5, 5.41) is 4.01. The van der Waals surface area contributed by atoms with Gasteiger partial charge in [0.15, 0.2) is 5.01 Å². The van der Waals surface area contributed by atoms with Gasteiger partial charge in [0, 0.05) is 6.54 Å². The Hall–Kier alpha value is -1.00. The third-order valence-electron chi connectivity index (χ3n) is 1.83. The molecule has 0 aliphatic carbocycles. The first-order valence-corrected chi connectivity index (χ1v) is 5.67. The molecule has 0 atom stereocenters. The molecule has 0 amide bonds. The maximum Gasteiger partial charge on any atom is 0.151 e. The van der Waals surface area contributed by atoms with Gasteiger partial charge in [-0.15, -0.1) is 11.3 Å². The number of fused-ring (bicyclic) bond motifs is 1. The Labute approximate surface area is 92.0 Å². The van der Waals surface area contributed by atoms with Gasteiger partial charge in [0.1, 0.15) is 4.99 Å². The zero-order chi connectivity index (χ0) is 9.97. The van der Waals surface area contributed by atoms with Gasteiger partial charge in [0.05, 0.1) is 10.2 Å². The Balaban J connectivity index is 2.40. The van der Waals surface area contributed by atoms with E-state index in [0.29, 0.717) is 0 Å². The van der Waals surface area contributed by atoms with Gasteiger partial charge in [0.2, 0.25) is 0 Å². The number of aromatic nitrogens is 1. The number of benzene rings is 1. The molecule has 0 aliphatic heterocycles. The lowest BCUT2D eigenvalue weighted by Gasteiger charge is -1.98. The summed E-state index contributed by atoms with van der Waals surface area (Å²) in [4.78, 5) is 5.19. The minimum absolute atomic E-state index is 0.744. The van der Waals surface area contributed by atoms with Crippen molar-refractivity contribution >= 4 is 38.8 Å². The predicted molar refractivity (Wildman–Crippen MR) is 65.0 cm³/mol. The van der Waals surface area contributed by atoms with E-state index in [0.717, 1.165) is 22.1 Å². The quantitative estimate of drug-likeness (QED) is 0.791. The first-order chi connectivity index (χ1) is 6.81. The second-order valence-electron chi connectivity index (χ2n) is 2.85. The highest BCUT2D eigenvalue weighted by Gasteiger charge is 2.06. The Bertz CT molecular complexity index is 429. The molecule has 1 aromatic heterocycles. The molecule has 0 radical (unpaired) electrons. The first kappa shape index (κ1) is 9.55. The van der Waals surface area contributed by atoms with Crippen LogP contribution in [-0.2, 0) is 0 Å². The van der Waals surface area contributed by atoms with Crippen molar-refractivity contribution in [2.24, 2.45) is 0 Å². The van der Waals surface area contributed by atoms with E-state index in [1.54, 1.807) is 11.3 Å². The van der Waals surface area contributed by atoms with Crippen LogP contribution in [0.3, 0.4) is 0 Å². The number of hydrogen-bond donors (Lipinski definition) is 1. The molecule has 0 saturated carbocycles. The number of nitrogens with zero attached hydrogens (tertiary/aromatic N) is 1. The molecule has 0 fully saturated rings. The van der Waals surface area contributed by atoms with Gasteiger partial charge in [-0.1, -0.05) is 24.4 Å². The van der Waals surface area contributed by atoms with Crippen molar-refractivity contribution in [2.45, 2.75) is 6.92 Å². The van der Waals surface area contributed by atoms with Gasteiger partial charge in [-0.2, -0.15) is 0 Å². The topological polar surface area (TPSA) is 24.9 Å². The van der Waals surface area contributed by atoms with Crippen LogP contribution in [0.15, 0.2) is 24.3 Å². The largest absolute Gasteiger partial charge is 0.374 e. The van der Waals surface area contributed by atoms with Crippen LogP contribution < -0.4 is 5.32 Å². The molecular formula is C10H10N2S2. The lowest BCUT2D eigenvalue weighted by molar-refractivity contribution is 0.981. The molecule has 2 aromatic rings. The molecule has 0 saturated heterocycles. The average molecular weight is 222 g/mol. The number of rotatable bonds is 2. The predicted octanol–water partition coefficient (Wildman–Crippen LogP) is 2.58. The van der Waals surface area contributed by atoms with Crippen LogP contribution in [0.25, 0.3) is 10.2 Å². The molecule has 2 rings (SSSR count). The van der Waals surface area contributed by atoms with Crippen molar-refractivity contribution in [3.63, 3.8) is 0 Å². The van der Waals surface area contributed by atoms with E-state index < -0.39 is 0 Å². The molecule has 1 N–H and O–H groups in total. The van der Waals surface area contributed by atoms with E-state index in [2.05, 4.69) is 16.4 Å². The van der Waals surface area contributed by atoms with E-state index in [1.807, 2.05) is 25.1 Å². The van der Waals surface area contributed by atoms with Crippen LogP contribution in [0.5, 0.6) is 0 Å². The van der Waals surface area contributed by atoms with Gasteiger partial charge < -0.3 is 5.32 Å². The Morgan fingerprint density at radius 2 is 2.29 bits per heavy atom. The van der Waals surface area contributed by atoms with E-state index in [1.165, 1.54) is 4.70 Å². The molecule has 4 heteroatoms. The van der Waals surface area contributed by atoms with E-state index in [4.69, 9.17) is 12.2 Å². The zero-order valence-electron chi connectivity index (χ0n) is 7.78. The summed E-state index contributed by atoms with van der Waals surface area (Å²) in [6.45, 7) is 2.87. The van der Waals surface area contributed by atoms with Crippen molar-refractivity contribution in [3.8, 4) is 0 Å². The highest BCUT2D eigenvalue weighted by molar-refractivity contribution is 7.81. The number of thiocarbonyl (C=S) groups is 1. The maximum absolute atomic E-state index is 5.20. The standard InChI is InChI=1S/C10H10N2S2/c1-2-11-9(13)10-12-7-5-3-4-6-8(7)14-10/h3-6H,2H2,1H3,(H,11,13). The molecule has 72 valence electrons. The van der Waals surface area contributed by atoms with Crippen LogP contribution in [0.2, 0.25) is 0 Å². The molecule has 1 aromatic carbocycles.